The van der Waals surface area contributed by atoms with Gasteiger partial charge in [-0.15, -0.1) is 0 Å². The molecule has 0 radical (unpaired) electrons. The SMILES string of the molecule is CCCCN(C(=O)c1nc(SC)n2ccccc12)C1CCS(=O)(=O)C1. The quantitative estimate of drug-likeness (QED) is 0.719. The Hall–Kier alpha value is -1.54. The zero-order valence-electron chi connectivity index (χ0n) is 14.5. The summed E-state index contributed by atoms with van der Waals surface area (Å²) in [4.78, 5) is 19.5. The lowest BCUT2D eigenvalue weighted by atomic mass is 10.1. The molecule has 0 aromatic carbocycles. The number of aromatic nitrogens is 2. The van der Waals surface area contributed by atoms with Crippen molar-refractivity contribution in [2.45, 2.75) is 37.4 Å². The number of sulfone groups is 1. The third-order valence-electron chi connectivity index (χ3n) is 4.56. The molecule has 1 aliphatic heterocycles. The van der Waals surface area contributed by atoms with E-state index in [1.54, 1.807) is 4.90 Å². The summed E-state index contributed by atoms with van der Waals surface area (Å²) in [5.74, 6) is 0.0524. The van der Waals surface area contributed by atoms with Crippen molar-refractivity contribution >= 4 is 33.0 Å². The topological polar surface area (TPSA) is 71.8 Å². The fraction of sp³-hybridized carbons (Fsp3) is 0.529. The fourth-order valence-corrected chi connectivity index (χ4v) is 5.52. The van der Waals surface area contributed by atoms with Gasteiger partial charge >= 0.3 is 0 Å². The first-order valence-corrected chi connectivity index (χ1v) is 11.5. The van der Waals surface area contributed by atoms with E-state index in [1.165, 1.54) is 11.8 Å². The molecule has 136 valence electrons. The van der Waals surface area contributed by atoms with Gasteiger partial charge in [0.25, 0.3) is 5.91 Å². The van der Waals surface area contributed by atoms with Crippen LogP contribution in [0.1, 0.15) is 36.7 Å². The van der Waals surface area contributed by atoms with Crippen LogP contribution in [-0.2, 0) is 9.84 Å². The molecule has 25 heavy (non-hydrogen) atoms. The molecule has 6 nitrogen and oxygen atoms in total. The molecular weight excluding hydrogens is 358 g/mol. The maximum atomic E-state index is 13.2. The van der Waals surface area contributed by atoms with Crippen molar-refractivity contribution in [3.05, 3.63) is 30.1 Å². The maximum absolute atomic E-state index is 13.2. The van der Waals surface area contributed by atoms with Gasteiger partial charge in [0.15, 0.2) is 20.7 Å². The van der Waals surface area contributed by atoms with Crippen LogP contribution in [0.3, 0.4) is 0 Å². The highest BCUT2D eigenvalue weighted by molar-refractivity contribution is 7.98. The van der Waals surface area contributed by atoms with Gasteiger partial charge < -0.3 is 4.90 Å². The molecular formula is C17H23N3O3S2. The van der Waals surface area contributed by atoms with Crippen LogP contribution in [0, 0.1) is 0 Å². The number of hydrogen-bond acceptors (Lipinski definition) is 5. The number of carbonyl (C=O) groups is 1. The fourth-order valence-electron chi connectivity index (χ4n) is 3.25. The summed E-state index contributed by atoms with van der Waals surface area (Å²) in [6, 6.07) is 5.42. The second kappa shape index (κ2) is 7.37. The molecule has 1 saturated heterocycles. The Labute approximate surface area is 152 Å². The Morgan fingerprint density at radius 2 is 2.24 bits per heavy atom. The number of fused-ring (bicyclic) bond motifs is 1. The van der Waals surface area contributed by atoms with Crippen LogP contribution in [0.25, 0.3) is 5.52 Å². The average molecular weight is 382 g/mol. The van der Waals surface area contributed by atoms with Crippen LogP contribution in [0.4, 0.5) is 0 Å². The second-order valence-electron chi connectivity index (χ2n) is 6.31. The number of thioether (sulfide) groups is 1. The lowest BCUT2D eigenvalue weighted by molar-refractivity contribution is 0.0690. The van der Waals surface area contributed by atoms with E-state index in [1.807, 2.05) is 35.1 Å². The number of amides is 1. The van der Waals surface area contributed by atoms with Crippen molar-refractivity contribution in [3.63, 3.8) is 0 Å². The standard InChI is InChI=1S/C17H23N3O3S2/c1-3-4-9-19(13-8-11-25(22,23)12-13)16(21)15-14-7-5-6-10-20(14)17(18-15)24-2/h5-7,10,13H,3-4,8-9,11-12H2,1-2H3. The Bertz CT molecular complexity index is 876. The summed E-state index contributed by atoms with van der Waals surface area (Å²) in [5, 5.41) is 0.758. The second-order valence-corrected chi connectivity index (χ2v) is 9.31. The first-order valence-electron chi connectivity index (χ1n) is 8.49. The van der Waals surface area contributed by atoms with Gasteiger partial charge in [-0.25, -0.2) is 13.4 Å². The monoisotopic (exact) mass is 381 g/mol. The summed E-state index contributed by atoms with van der Waals surface area (Å²) in [5.41, 5.74) is 1.17. The third-order valence-corrected chi connectivity index (χ3v) is 6.97. The molecule has 2 aromatic heterocycles. The Balaban J connectivity index is 1.98. The van der Waals surface area contributed by atoms with E-state index in [0.717, 1.165) is 23.5 Å². The average Bonchev–Trinajstić information content (AvgIpc) is 3.15. The minimum atomic E-state index is -3.05. The summed E-state index contributed by atoms with van der Waals surface area (Å²) in [7, 11) is -3.05. The molecule has 0 spiro atoms. The predicted molar refractivity (Wildman–Crippen MR) is 100.0 cm³/mol. The number of carbonyl (C=O) groups excluding carboxylic acids is 1. The molecule has 3 heterocycles. The normalized spacial score (nSPS) is 19.4. The molecule has 0 bridgehead atoms. The number of pyridine rings is 1. The van der Waals surface area contributed by atoms with E-state index in [0.29, 0.717) is 18.7 Å². The number of hydrogen-bond donors (Lipinski definition) is 0. The summed E-state index contributed by atoms with van der Waals surface area (Å²) >= 11 is 1.48. The van der Waals surface area contributed by atoms with Crippen molar-refractivity contribution < 1.29 is 13.2 Å². The van der Waals surface area contributed by atoms with Crippen molar-refractivity contribution in [2.24, 2.45) is 0 Å². The molecule has 3 rings (SSSR count). The van der Waals surface area contributed by atoms with Crippen LogP contribution < -0.4 is 0 Å². The molecule has 0 N–H and O–H groups in total. The van der Waals surface area contributed by atoms with Crippen LogP contribution in [0.5, 0.6) is 0 Å². The van der Waals surface area contributed by atoms with E-state index in [-0.39, 0.29) is 23.5 Å². The van der Waals surface area contributed by atoms with Crippen molar-refractivity contribution in [3.8, 4) is 0 Å². The van der Waals surface area contributed by atoms with Gasteiger partial charge in [-0.3, -0.25) is 9.20 Å². The van der Waals surface area contributed by atoms with E-state index in [9.17, 15) is 13.2 Å². The smallest absolute Gasteiger partial charge is 0.275 e. The Morgan fingerprint density at radius 3 is 2.88 bits per heavy atom. The van der Waals surface area contributed by atoms with Gasteiger partial charge in [-0.1, -0.05) is 31.2 Å². The van der Waals surface area contributed by atoms with E-state index >= 15 is 0 Å². The maximum Gasteiger partial charge on any atom is 0.275 e. The minimum Gasteiger partial charge on any atom is -0.333 e. The highest BCUT2D eigenvalue weighted by Gasteiger charge is 2.36. The van der Waals surface area contributed by atoms with Crippen molar-refractivity contribution in [1.29, 1.82) is 0 Å². The molecule has 2 aromatic rings. The molecule has 0 saturated carbocycles. The zero-order chi connectivity index (χ0) is 18.0. The van der Waals surface area contributed by atoms with E-state index in [2.05, 4.69) is 11.9 Å². The molecule has 8 heteroatoms. The van der Waals surface area contributed by atoms with Crippen LogP contribution >= 0.6 is 11.8 Å². The van der Waals surface area contributed by atoms with Crippen LogP contribution in [-0.4, -0.2) is 59.0 Å². The van der Waals surface area contributed by atoms with Crippen molar-refractivity contribution in [1.82, 2.24) is 14.3 Å². The number of nitrogens with zero attached hydrogens (tertiary/aromatic N) is 3. The van der Waals surface area contributed by atoms with Gasteiger partial charge in [-0.05, 0) is 31.2 Å². The highest BCUT2D eigenvalue weighted by atomic mass is 32.2. The lowest BCUT2D eigenvalue weighted by Gasteiger charge is -2.27. The van der Waals surface area contributed by atoms with Crippen LogP contribution in [0.15, 0.2) is 29.6 Å². The third kappa shape index (κ3) is 3.69. The minimum absolute atomic E-state index is 0.0591. The van der Waals surface area contributed by atoms with Gasteiger partial charge in [-0.2, -0.15) is 0 Å². The summed E-state index contributed by atoms with van der Waals surface area (Å²) in [6.45, 7) is 2.63. The van der Waals surface area contributed by atoms with E-state index in [4.69, 9.17) is 0 Å². The predicted octanol–water partition coefficient (Wildman–Crippen LogP) is 2.49. The molecule has 1 aliphatic rings. The Morgan fingerprint density at radius 1 is 1.44 bits per heavy atom. The number of imidazole rings is 1. The largest absolute Gasteiger partial charge is 0.333 e. The van der Waals surface area contributed by atoms with Gasteiger partial charge in [0.2, 0.25) is 0 Å². The molecule has 1 atom stereocenters. The Kier molecular flexibility index (Phi) is 5.38. The van der Waals surface area contributed by atoms with Gasteiger partial charge in [0.05, 0.1) is 17.0 Å². The highest BCUT2D eigenvalue weighted by Crippen LogP contribution is 2.25. The summed E-state index contributed by atoms with van der Waals surface area (Å²) in [6.07, 6.45) is 6.13. The van der Waals surface area contributed by atoms with E-state index < -0.39 is 9.84 Å². The number of rotatable bonds is 6. The van der Waals surface area contributed by atoms with Crippen molar-refractivity contribution in [2.75, 3.05) is 24.3 Å². The molecule has 0 aliphatic carbocycles. The summed E-state index contributed by atoms with van der Waals surface area (Å²) < 4.78 is 25.7. The number of unbranched alkanes of at least 4 members (excludes halogenated alkanes) is 1. The van der Waals surface area contributed by atoms with Gasteiger partial charge in [0.1, 0.15) is 0 Å². The van der Waals surface area contributed by atoms with Crippen LogP contribution in [0.2, 0.25) is 0 Å². The lowest BCUT2D eigenvalue weighted by Crippen LogP contribution is -2.42. The molecule has 1 fully saturated rings. The first-order chi connectivity index (χ1) is 12.0. The first kappa shape index (κ1) is 18.3. The zero-order valence-corrected chi connectivity index (χ0v) is 16.1. The van der Waals surface area contributed by atoms with Gasteiger partial charge in [0, 0.05) is 18.8 Å². The molecule has 1 amide bonds. The molecule has 1 unspecified atom stereocenters.